The van der Waals surface area contributed by atoms with Crippen molar-refractivity contribution in [1.82, 2.24) is 0 Å². The van der Waals surface area contributed by atoms with Gasteiger partial charge in [-0.3, -0.25) is 4.79 Å². The van der Waals surface area contributed by atoms with Crippen LogP contribution in [-0.2, 0) is 0 Å². The topological polar surface area (TPSA) is 20.3 Å². The minimum absolute atomic E-state index is 0.115. The summed E-state index contributed by atoms with van der Waals surface area (Å²) in [4.78, 5) is 14.2. The highest BCUT2D eigenvalue weighted by atomic mass is 35.5. The maximum atomic E-state index is 12.5. The molecule has 0 fully saturated rings. The minimum Gasteiger partial charge on any atom is -0.311 e. The number of hydrogen-bond donors (Lipinski definition) is 0. The van der Waals surface area contributed by atoms with Crippen molar-refractivity contribution in [1.29, 1.82) is 0 Å². The largest absolute Gasteiger partial charge is 0.311 e. The third kappa shape index (κ3) is 2.63. The van der Waals surface area contributed by atoms with Gasteiger partial charge in [0.15, 0.2) is 0 Å². The Bertz CT molecular complexity index is 813. The van der Waals surface area contributed by atoms with Crippen molar-refractivity contribution in [2.75, 3.05) is 11.9 Å². The van der Waals surface area contributed by atoms with Crippen LogP contribution < -0.4 is 4.90 Å². The van der Waals surface area contributed by atoms with Gasteiger partial charge in [0, 0.05) is 12.7 Å². The van der Waals surface area contributed by atoms with Crippen LogP contribution >= 0.6 is 11.6 Å². The van der Waals surface area contributed by atoms with Gasteiger partial charge in [-0.05, 0) is 35.0 Å². The number of halogens is 1. The first-order chi connectivity index (χ1) is 10.2. The van der Waals surface area contributed by atoms with Gasteiger partial charge >= 0.3 is 0 Å². The maximum Gasteiger partial charge on any atom is 0.259 e. The number of hydrogen-bond acceptors (Lipinski definition) is 1. The van der Waals surface area contributed by atoms with Crippen molar-refractivity contribution < 1.29 is 4.79 Å². The van der Waals surface area contributed by atoms with E-state index in [-0.39, 0.29) is 5.91 Å². The van der Waals surface area contributed by atoms with Crippen LogP contribution in [0.2, 0.25) is 5.02 Å². The van der Waals surface area contributed by atoms with Crippen molar-refractivity contribution in [3.63, 3.8) is 0 Å². The number of anilines is 1. The third-order valence-corrected chi connectivity index (χ3v) is 3.86. The number of amides is 1. The molecule has 1 amide bonds. The Morgan fingerprint density at radius 1 is 0.905 bits per heavy atom. The summed E-state index contributed by atoms with van der Waals surface area (Å²) >= 11 is 6.10. The van der Waals surface area contributed by atoms with E-state index in [9.17, 15) is 4.79 Å². The van der Waals surface area contributed by atoms with E-state index in [4.69, 9.17) is 11.6 Å². The molecule has 2 nitrogen and oxygen atoms in total. The maximum absolute atomic E-state index is 12.5. The van der Waals surface area contributed by atoms with E-state index in [1.807, 2.05) is 48.5 Å². The van der Waals surface area contributed by atoms with E-state index < -0.39 is 0 Å². The van der Waals surface area contributed by atoms with Gasteiger partial charge < -0.3 is 4.90 Å². The molecule has 0 aliphatic carbocycles. The summed E-state index contributed by atoms with van der Waals surface area (Å²) in [7, 11) is 1.76. The fourth-order valence-electron chi connectivity index (χ4n) is 2.32. The summed E-state index contributed by atoms with van der Waals surface area (Å²) in [5, 5.41) is 2.73. The summed E-state index contributed by atoms with van der Waals surface area (Å²) in [6.45, 7) is 0. The number of fused-ring (bicyclic) bond motifs is 1. The van der Waals surface area contributed by atoms with E-state index in [0.717, 1.165) is 16.5 Å². The van der Waals surface area contributed by atoms with E-state index >= 15 is 0 Å². The Labute approximate surface area is 128 Å². The smallest absolute Gasteiger partial charge is 0.259 e. The molecule has 3 heteroatoms. The van der Waals surface area contributed by atoms with Crippen molar-refractivity contribution in [2.24, 2.45) is 0 Å². The van der Waals surface area contributed by atoms with Crippen LogP contribution in [0.5, 0.6) is 0 Å². The molecule has 3 aromatic carbocycles. The lowest BCUT2D eigenvalue weighted by Crippen LogP contribution is -2.26. The summed E-state index contributed by atoms with van der Waals surface area (Å²) in [6.07, 6.45) is 0. The predicted molar refractivity (Wildman–Crippen MR) is 88.1 cm³/mol. The van der Waals surface area contributed by atoms with Gasteiger partial charge in [-0.1, -0.05) is 54.1 Å². The highest BCUT2D eigenvalue weighted by molar-refractivity contribution is 6.34. The average Bonchev–Trinajstić information content (AvgIpc) is 2.53. The second-order valence-corrected chi connectivity index (χ2v) is 5.28. The second kappa shape index (κ2) is 5.58. The fraction of sp³-hybridized carbons (Fsp3) is 0.0556. The Kier molecular flexibility index (Phi) is 3.63. The van der Waals surface area contributed by atoms with Gasteiger partial charge in [-0.15, -0.1) is 0 Å². The molecule has 0 saturated carbocycles. The van der Waals surface area contributed by atoms with Crippen LogP contribution in [0.4, 0.5) is 5.69 Å². The Hall–Kier alpha value is -2.32. The SMILES string of the molecule is CN(C(=O)c1ccccc1Cl)c1ccc2ccccc2c1. The number of benzene rings is 3. The van der Waals surface area contributed by atoms with Gasteiger partial charge in [0.2, 0.25) is 0 Å². The predicted octanol–water partition coefficient (Wildman–Crippen LogP) is 4.77. The first kappa shape index (κ1) is 13.7. The molecule has 0 saturated heterocycles. The monoisotopic (exact) mass is 295 g/mol. The van der Waals surface area contributed by atoms with E-state index in [2.05, 4.69) is 6.07 Å². The lowest BCUT2D eigenvalue weighted by Gasteiger charge is -2.18. The van der Waals surface area contributed by atoms with Gasteiger partial charge in [-0.25, -0.2) is 0 Å². The Balaban J connectivity index is 1.98. The molecule has 3 aromatic rings. The molecule has 104 valence electrons. The molecule has 0 heterocycles. The highest BCUT2D eigenvalue weighted by Crippen LogP contribution is 2.24. The zero-order valence-corrected chi connectivity index (χ0v) is 12.3. The number of rotatable bonds is 2. The van der Waals surface area contributed by atoms with Gasteiger partial charge in [0.1, 0.15) is 0 Å². The van der Waals surface area contributed by atoms with E-state index in [1.165, 1.54) is 0 Å². The fourth-order valence-corrected chi connectivity index (χ4v) is 2.53. The van der Waals surface area contributed by atoms with Crippen LogP contribution in [0, 0.1) is 0 Å². The molecule has 0 bridgehead atoms. The molecule has 0 radical (unpaired) electrons. The summed E-state index contributed by atoms with van der Waals surface area (Å²) < 4.78 is 0. The number of nitrogens with zero attached hydrogens (tertiary/aromatic N) is 1. The summed E-state index contributed by atoms with van der Waals surface area (Å²) in [5.74, 6) is -0.115. The average molecular weight is 296 g/mol. The Morgan fingerprint density at radius 3 is 2.33 bits per heavy atom. The van der Waals surface area contributed by atoms with Gasteiger partial charge in [-0.2, -0.15) is 0 Å². The van der Waals surface area contributed by atoms with Gasteiger partial charge in [0.25, 0.3) is 5.91 Å². The van der Waals surface area contributed by atoms with Crippen LogP contribution in [0.25, 0.3) is 10.8 Å². The van der Waals surface area contributed by atoms with Crippen molar-refractivity contribution in [3.8, 4) is 0 Å². The number of carbonyl (C=O) groups is 1. The standard InChI is InChI=1S/C18H14ClNO/c1-20(18(21)16-8-4-5-9-17(16)19)15-11-10-13-6-2-3-7-14(13)12-15/h2-12H,1H3. The van der Waals surface area contributed by atoms with Crippen molar-refractivity contribution >= 4 is 34.0 Å². The minimum atomic E-state index is -0.115. The van der Waals surface area contributed by atoms with Crippen LogP contribution in [0.15, 0.2) is 66.7 Å². The molecule has 0 unspecified atom stereocenters. The molecule has 3 rings (SSSR count). The number of carbonyl (C=O) groups excluding carboxylic acids is 1. The summed E-state index contributed by atoms with van der Waals surface area (Å²) in [6, 6.07) is 21.1. The van der Waals surface area contributed by atoms with E-state index in [0.29, 0.717) is 10.6 Å². The van der Waals surface area contributed by atoms with Crippen LogP contribution in [0.1, 0.15) is 10.4 Å². The molecule has 0 atom stereocenters. The van der Waals surface area contributed by atoms with Crippen LogP contribution in [-0.4, -0.2) is 13.0 Å². The molecule has 0 aliphatic heterocycles. The molecule has 0 aromatic heterocycles. The van der Waals surface area contributed by atoms with Crippen molar-refractivity contribution in [2.45, 2.75) is 0 Å². The van der Waals surface area contributed by atoms with E-state index in [1.54, 1.807) is 24.1 Å². The van der Waals surface area contributed by atoms with Gasteiger partial charge in [0.05, 0.1) is 10.6 Å². The van der Waals surface area contributed by atoms with Crippen molar-refractivity contribution in [3.05, 3.63) is 77.3 Å². The quantitative estimate of drug-likeness (QED) is 0.667. The molecule has 21 heavy (non-hydrogen) atoms. The molecular formula is C18H14ClNO. The van der Waals surface area contributed by atoms with Crippen LogP contribution in [0.3, 0.4) is 0 Å². The first-order valence-corrected chi connectivity index (χ1v) is 7.06. The summed E-state index contributed by atoms with van der Waals surface area (Å²) in [5.41, 5.74) is 1.36. The molecule has 0 N–H and O–H groups in total. The highest BCUT2D eigenvalue weighted by Gasteiger charge is 2.16. The molecule has 0 spiro atoms. The molecular weight excluding hydrogens is 282 g/mol. The lowest BCUT2D eigenvalue weighted by molar-refractivity contribution is 0.0993. The molecule has 0 aliphatic rings. The first-order valence-electron chi connectivity index (χ1n) is 6.68. The normalized spacial score (nSPS) is 10.6. The lowest BCUT2D eigenvalue weighted by atomic mass is 10.1. The second-order valence-electron chi connectivity index (χ2n) is 4.88. The Morgan fingerprint density at radius 2 is 1.57 bits per heavy atom. The zero-order valence-electron chi connectivity index (χ0n) is 11.6. The zero-order chi connectivity index (χ0) is 14.8. The third-order valence-electron chi connectivity index (χ3n) is 3.53.